The molecule has 0 aliphatic heterocycles. The van der Waals surface area contributed by atoms with E-state index >= 15 is 0 Å². The third kappa shape index (κ3) is 3.65. The van der Waals surface area contributed by atoms with Gasteiger partial charge in [0.25, 0.3) is 5.69 Å². The Kier molecular flexibility index (Phi) is 5.02. The van der Waals surface area contributed by atoms with Crippen LogP contribution in [0, 0.1) is 10.1 Å². The Hall–Kier alpha value is -2.25. The third-order valence-electron chi connectivity index (χ3n) is 2.88. The Labute approximate surface area is 126 Å². The molecule has 0 radical (unpaired) electrons. The van der Waals surface area contributed by atoms with Gasteiger partial charge in [-0.3, -0.25) is 16.0 Å². The van der Waals surface area contributed by atoms with Crippen molar-refractivity contribution in [2.45, 2.75) is 11.5 Å². The second-order valence-electron chi connectivity index (χ2n) is 4.19. The van der Waals surface area contributed by atoms with Gasteiger partial charge in [0.15, 0.2) is 0 Å². The largest absolute Gasteiger partial charge is 0.488 e. The number of nitrogens with zero attached hydrogens (tertiary/aromatic N) is 1. The molecule has 21 heavy (non-hydrogen) atoms. The summed E-state index contributed by atoms with van der Waals surface area (Å²) < 4.78 is 5.75. The van der Waals surface area contributed by atoms with E-state index in [1.807, 2.05) is 30.5 Å². The molecule has 0 saturated heterocycles. The van der Waals surface area contributed by atoms with Crippen molar-refractivity contribution < 1.29 is 9.66 Å². The number of hydrogen-bond donors (Lipinski definition) is 2. The first-order valence-electron chi connectivity index (χ1n) is 6.15. The molecule has 0 spiro atoms. The van der Waals surface area contributed by atoms with Crippen LogP contribution in [0.3, 0.4) is 0 Å². The Morgan fingerprint density at radius 1 is 1.33 bits per heavy atom. The molecule has 0 aliphatic carbocycles. The van der Waals surface area contributed by atoms with Gasteiger partial charge in [-0.1, -0.05) is 12.1 Å². The first kappa shape index (κ1) is 15.1. The highest BCUT2D eigenvalue weighted by molar-refractivity contribution is 7.98. The lowest BCUT2D eigenvalue weighted by molar-refractivity contribution is -0.384. The summed E-state index contributed by atoms with van der Waals surface area (Å²) in [5.41, 5.74) is 3.33. The van der Waals surface area contributed by atoms with E-state index in [-0.39, 0.29) is 11.4 Å². The number of para-hydroxylation sites is 1. The number of nitrogens with two attached hydrogens (primary N) is 1. The van der Waals surface area contributed by atoms with E-state index in [2.05, 4.69) is 5.43 Å². The SMILES string of the molecule is CSc1ccccc1OCc1ccc([N+](=O)[O-])c(NN)c1. The van der Waals surface area contributed by atoms with Gasteiger partial charge in [0.1, 0.15) is 18.0 Å². The van der Waals surface area contributed by atoms with Crippen LogP contribution in [0.2, 0.25) is 0 Å². The maximum atomic E-state index is 10.8. The van der Waals surface area contributed by atoms with E-state index in [4.69, 9.17) is 10.6 Å². The third-order valence-corrected chi connectivity index (χ3v) is 3.65. The molecule has 110 valence electrons. The molecule has 0 amide bonds. The monoisotopic (exact) mass is 305 g/mol. The van der Waals surface area contributed by atoms with Crippen LogP contribution in [0.15, 0.2) is 47.4 Å². The quantitative estimate of drug-likeness (QED) is 0.369. The lowest BCUT2D eigenvalue weighted by Crippen LogP contribution is -2.10. The number of nitrogens with one attached hydrogen (secondary N) is 1. The first-order chi connectivity index (χ1) is 10.2. The molecular weight excluding hydrogens is 290 g/mol. The summed E-state index contributed by atoms with van der Waals surface area (Å²) >= 11 is 1.60. The van der Waals surface area contributed by atoms with Crippen molar-refractivity contribution in [3.8, 4) is 5.75 Å². The van der Waals surface area contributed by atoms with Gasteiger partial charge >= 0.3 is 0 Å². The molecule has 2 aromatic rings. The molecule has 0 aliphatic rings. The van der Waals surface area contributed by atoms with Crippen LogP contribution in [0.1, 0.15) is 5.56 Å². The average Bonchev–Trinajstić information content (AvgIpc) is 2.52. The minimum atomic E-state index is -0.483. The van der Waals surface area contributed by atoms with E-state index in [1.165, 1.54) is 6.07 Å². The van der Waals surface area contributed by atoms with Crippen molar-refractivity contribution in [2.24, 2.45) is 5.84 Å². The lowest BCUT2D eigenvalue weighted by Gasteiger charge is -2.10. The van der Waals surface area contributed by atoms with Gasteiger partial charge in [0.2, 0.25) is 0 Å². The van der Waals surface area contributed by atoms with E-state index in [9.17, 15) is 10.1 Å². The van der Waals surface area contributed by atoms with Gasteiger partial charge in [-0.2, -0.15) is 0 Å². The normalized spacial score (nSPS) is 10.2. The van der Waals surface area contributed by atoms with Crippen molar-refractivity contribution >= 4 is 23.1 Å². The molecule has 3 N–H and O–H groups in total. The van der Waals surface area contributed by atoms with E-state index in [1.54, 1.807) is 23.9 Å². The van der Waals surface area contributed by atoms with Crippen LogP contribution < -0.4 is 16.0 Å². The number of rotatable bonds is 6. The minimum absolute atomic E-state index is 0.0641. The van der Waals surface area contributed by atoms with Gasteiger partial charge in [-0.25, -0.2) is 0 Å². The zero-order chi connectivity index (χ0) is 15.2. The molecule has 7 heteroatoms. The first-order valence-corrected chi connectivity index (χ1v) is 7.38. The van der Waals surface area contributed by atoms with Crippen molar-refractivity contribution in [1.29, 1.82) is 0 Å². The Balaban J connectivity index is 2.15. The van der Waals surface area contributed by atoms with Crippen molar-refractivity contribution in [3.05, 3.63) is 58.1 Å². The second kappa shape index (κ2) is 6.96. The smallest absolute Gasteiger partial charge is 0.293 e. The summed E-state index contributed by atoms with van der Waals surface area (Å²) in [4.78, 5) is 11.4. The number of anilines is 1. The number of thioether (sulfide) groups is 1. The average molecular weight is 305 g/mol. The highest BCUT2D eigenvalue weighted by Gasteiger charge is 2.13. The number of nitro benzene ring substituents is 1. The number of hydrogen-bond acceptors (Lipinski definition) is 6. The van der Waals surface area contributed by atoms with Gasteiger partial charge in [-0.05, 0) is 36.1 Å². The summed E-state index contributed by atoms with van der Waals surface area (Å²) in [6.45, 7) is 0.310. The Bertz CT molecular complexity index is 649. The molecule has 0 bridgehead atoms. The van der Waals surface area contributed by atoms with E-state index in [0.717, 1.165) is 16.2 Å². The van der Waals surface area contributed by atoms with Crippen LogP contribution in [0.4, 0.5) is 11.4 Å². The Morgan fingerprint density at radius 2 is 2.10 bits per heavy atom. The van der Waals surface area contributed by atoms with Crippen molar-refractivity contribution in [2.75, 3.05) is 11.7 Å². The lowest BCUT2D eigenvalue weighted by atomic mass is 10.2. The van der Waals surface area contributed by atoms with Gasteiger partial charge in [0.05, 0.1) is 4.92 Å². The van der Waals surface area contributed by atoms with Crippen molar-refractivity contribution in [1.82, 2.24) is 0 Å². The fraction of sp³-hybridized carbons (Fsp3) is 0.143. The van der Waals surface area contributed by atoms with E-state index in [0.29, 0.717) is 6.61 Å². The zero-order valence-corrected chi connectivity index (χ0v) is 12.2. The van der Waals surface area contributed by atoms with Crippen LogP contribution in [0.25, 0.3) is 0 Å². The number of hydrazine groups is 1. The molecule has 0 fully saturated rings. The van der Waals surface area contributed by atoms with Gasteiger partial charge in [0, 0.05) is 11.0 Å². The maximum absolute atomic E-state index is 10.8. The standard InChI is InChI=1S/C14H15N3O3S/c1-21-14-5-3-2-4-13(14)20-9-10-6-7-12(17(18)19)11(8-10)16-15/h2-8,16H,9,15H2,1H3. The van der Waals surface area contributed by atoms with E-state index < -0.39 is 4.92 Å². The minimum Gasteiger partial charge on any atom is -0.488 e. The van der Waals surface area contributed by atoms with Crippen molar-refractivity contribution in [3.63, 3.8) is 0 Å². The van der Waals surface area contributed by atoms with Crippen LogP contribution in [-0.4, -0.2) is 11.2 Å². The molecule has 0 unspecified atom stereocenters. The van der Waals surface area contributed by atoms with Gasteiger partial charge < -0.3 is 10.2 Å². The summed E-state index contributed by atoms with van der Waals surface area (Å²) in [5.74, 6) is 6.09. The fourth-order valence-corrected chi connectivity index (χ4v) is 2.39. The number of nitrogen functional groups attached to an aromatic ring is 1. The predicted molar refractivity (Wildman–Crippen MR) is 83.5 cm³/mol. The summed E-state index contributed by atoms with van der Waals surface area (Å²) in [5, 5.41) is 10.8. The van der Waals surface area contributed by atoms with Crippen LogP contribution in [-0.2, 0) is 6.61 Å². The highest BCUT2D eigenvalue weighted by atomic mass is 32.2. The molecule has 6 nitrogen and oxygen atoms in total. The molecule has 0 atom stereocenters. The highest BCUT2D eigenvalue weighted by Crippen LogP contribution is 2.29. The molecule has 2 aromatic carbocycles. The summed E-state index contributed by atoms with van der Waals surface area (Å²) in [6, 6.07) is 12.4. The number of nitro groups is 1. The molecule has 0 saturated carbocycles. The van der Waals surface area contributed by atoms with Gasteiger partial charge in [-0.15, -0.1) is 11.8 Å². The molecule has 2 rings (SSSR count). The molecule has 0 heterocycles. The zero-order valence-electron chi connectivity index (χ0n) is 11.4. The summed E-state index contributed by atoms with van der Waals surface area (Å²) in [6.07, 6.45) is 1.98. The summed E-state index contributed by atoms with van der Waals surface area (Å²) in [7, 11) is 0. The Morgan fingerprint density at radius 3 is 2.76 bits per heavy atom. The van der Waals surface area contributed by atoms with Crippen LogP contribution in [0.5, 0.6) is 5.75 Å². The van der Waals surface area contributed by atoms with Crippen LogP contribution >= 0.6 is 11.8 Å². The fourth-order valence-electron chi connectivity index (χ4n) is 1.85. The maximum Gasteiger partial charge on any atom is 0.293 e. The predicted octanol–water partition coefficient (Wildman–Crippen LogP) is 3.18. The molecular formula is C14H15N3O3S. The number of ether oxygens (including phenoxy) is 1. The topological polar surface area (TPSA) is 90.4 Å². The molecule has 0 aromatic heterocycles. The number of benzene rings is 2. The second-order valence-corrected chi connectivity index (χ2v) is 5.04.